The van der Waals surface area contributed by atoms with E-state index in [4.69, 9.17) is 15.2 Å². The molecule has 1 aromatic heterocycles. The molecule has 1 aliphatic heterocycles. The molecule has 0 spiro atoms. The maximum absolute atomic E-state index is 14.8. The molecule has 1 saturated carbocycles. The summed E-state index contributed by atoms with van der Waals surface area (Å²) in [5.74, 6) is 0.0934. The van der Waals surface area contributed by atoms with Crippen molar-refractivity contribution in [2.45, 2.75) is 44.1 Å². The Morgan fingerprint density at radius 1 is 1.19 bits per heavy atom. The van der Waals surface area contributed by atoms with Gasteiger partial charge in [-0.2, -0.15) is 0 Å². The lowest BCUT2D eigenvalue weighted by Gasteiger charge is -2.35. The molecule has 9 heteroatoms. The van der Waals surface area contributed by atoms with Crippen LogP contribution >= 0.6 is 15.9 Å². The predicted octanol–water partition coefficient (Wildman–Crippen LogP) is 3.04. The number of halogens is 2. The first-order chi connectivity index (χ1) is 14.9. The number of carbonyl (C=O) groups is 2. The van der Waals surface area contributed by atoms with Crippen LogP contribution in [0.4, 0.5) is 4.39 Å². The zero-order chi connectivity index (χ0) is 22.0. The lowest BCUT2D eigenvalue weighted by atomic mass is 10.0. The monoisotopic (exact) mass is 491 g/mol. The molecule has 4 rings (SSSR count). The third kappa shape index (κ3) is 5.52. The maximum atomic E-state index is 14.8. The molecule has 2 heterocycles. The van der Waals surface area contributed by atoms with Gasteiger partial charge in [-0.3, -0.25) is 14.6 Å². The van der Waals surface area contributed by atoms with Crippen LogP contribution in [0.15, 0.2) is 41.0 Å². The predicted molar refractivity (Wildman–Crippen MR) is 115 cm³/mol. The van der Waals surface area contributed by atoms with Gasteiger partial charge in [0.15, 0.2) is 6.17 Å². The highest BCUT2D eigenvalue weighted by Gasteiger charge is 2.33. The Labute approximate surface area is 187 Å². The van der Waals surface area contributed by atoms with Gasteiger partial charge in [0.1, 0.15) is 17.6 Å². The number of amides is 2. The van der Waals surface area contributed by atoms with Crippen molar-refractivity contribution in [3.8, 4) is 11.5 Å². The smallest absolute Gasteiger partial charge is 0.252 e. The molecule has 1 aromatic carbocycles. The van der Waals surface area contributed by atoms with E-state index in [0.717, 1.165) is 12.8 Å². The average Bonchev–Trinajstić information content (AvgIpc) is 3.56. The molecule has 0 radical (unpaired) electrons. The number of alkyl halides is 1. The van der Waals surface area contributed by atoms with Crippen LogP contribution in [0.1, 0.15) is 35.3 Å². The molecule has 2 atom stereocenters. The van der Waals surface area contributed by atoms with Gasteiger partial charge in [-0.1, -0.05) is 15.9 Å². The first-order valence-corrected chi connectivity index (χ1v) is 11.0. The minimum absolute atomic E-state index is 0.0746. The molecule has 1 aliphatic carbocycles. The van der Waals surface area contributed by atoms with Crippen LogP contribution in [0.3, 0.4) is 0 Å². The number of nitrogens with two attached hydrogens (primary N) is 1. The molecular formula is C22H23BrFN3O4. The molecule has 1 saturated heterocycles. The highest BCUT2D eigenvalue weighted by atomic mass is 79.9. The molecule has 2 N–H and O–H groups in total. The molecule has 7 nitrogen and oxygen atoms in total. The molecule has 0 unspecified atom stereocenters. The number of carbonyl (C=O) groups excluding carboxylic acids is 2. The second kappa shape index (κ2) is 9.21. The number of aromatic nitrogens is 1. The fourth-order valence-corrected chi connectivity index (χ4v) is 3.79. The van der Waals surface area contributed by atoms with Gasteiger partial charge < -0.3 is 20.1 Å². The Morgan fingerprint density at radius 3 is 2.65 bits per heavy atom. The highest BCUT2D eigenvalue weighted by Crippen LogP contribution is 2.28. The van der Waals surface area contributed by atoms with Crippen molar-refractivity contribution in [1.82, 2.24) is 9.88 Å². The van der Waals surface area contributed by atoms with Crippen LogP contribution in [0.5, 0.6) is 11.5 Å². The van der Waals surface area contributed by atoms with Gasteiger partial charge in [0.05, 0.1) is 30.8 Å². The van der Waals surface area contributed by atoms with Crippen LogP contribution in [0, 0.1) is 0 Å². The number of primary amides is 1. The molecule has 31 heavy (non-hydrogen) atoms. The maximum Gasteiger partial charge on any atom is 0.252 e. The van der Waals surface area contributed by atoms with Crippen molar-refractivity contribution in [2.75, 3.05) is 13.1 Å². The van der Waals surface area contributed by atoms with E-state index in [9.17, 15) is 14.0 Å². The SMILES string of the molecule is NC(=O)c1cc(Br)ccc1O[C@H]1CCN(C(=O)Cc2ccc(OC3CC3)cn2)C[C@@H]1F. The van der Waals surface area contributed by atoms with Crippen molar-refractivity contribution in [3.63, 3.8) is 0 Å². The van der Waals surface area contributed by atoms with E-state index in [1.54, 1.807) is 30.5 Å². The first-order valence-electron chi connectivity index (χ1n) is 10.2. The number of benzene rings is 1. The fraction of sp³-hybridized carbons (Fsp3) is 0.409. The van der Waals surface area contributed by atoms with E-state index in [2.05, 4.69) is 20.9 Å². The van der Waals surface area contributed by atoms with Crippen molar-refractivity contribution in [1.29, 1.82) is 0 Å². The van der Waals surface area contributed by atoms with Gasteiger partial charge >= 0.3 is 0 Å². The second-order valence-electron chi connectivity index (χ2n) is 7.78. The van der Waals surface area contributed by atoms with E-state index in [0.29, 0.717) is 28.9 Å². The third-order valence-corrected chi connectivity index (χ3v) is 5.77. The van der Waals surface area contributed by atoms with E-state index >= 15 is 0 Å². The highest BCUT2D eigenvalue weighted by molar-refractivity contribution is 9.10. The molecular weight excluding hydrogens is 469 g/mol. The summed E-state index contributed by atoms with van der Waals surface area (Å²) in [5.41, 5.74) is 6.19. The van der Waals surface area contributed by atoms with Crippen LogP contribution in [-0.2, 0) is 11.2 Å². The summed E-state index contributed by atoms with van der Waals surface area (Å²) >= 11 is 3.28. The second-order valence-corrected chi connectivity index (χ2v) is 8.70. The first kappa shape index (κ1) is 21.5. The number of rotatable bonds is 7. The normalized spacial score (nSPS) is 20.9. The number of hydrogen-bond acceptors (Lipinski definition) is 5. The number of pyridine rings is 1. The Morgan fingerprint density at radius 2 is 2.00 bits per heavy atom. The lowest BCUT2D eigenvalue weighted by molar-refractivity contribution is -0.134. The summed E-state index contributed by atoms with van der Waals surface area (Å²) in [4.78, 5) is 30.0. The van der Waals surface area contributed by atoms with Gasteiger partial charge in [-0.15, -0.1) is 0 Å². The van der Waals surface area contributed by atoms with Crippen molar-refractivity contribution >= 4 is 27.7 Å². The third-order valence-electron chi connectivity index (χ3n) is 5.28. The van der Waals surface area contributed by atoms with Gasteiger partial charge in [0.25, 0.3) is 5.91 Å². The Bertz CT molecular complexity index is 968. The molecule has 2 fully saturated rings. The number of nitrogens with zero attached hydrogens (tertiary/aromatic N) is 2. The number of piperidine rings is 1. The van der Waals surface area contributed by atoms with E-state index in [-0.39, 0.29) is 36.3 Å². The average molecular weight is 492 g/mol. The standard InChI is InChI=1S/C22H23BrFN3O4/c23-13-1-6-19(17(9-13)22(25)29)31-20-7-8-27(12-18(20)24)21(28)10-14-2-3-16(11-26-14)30-15-4-5-15/h1-3,6,9,11,15,18,20H,4-5,7-8,10,12H2,(H2,25,29)/t18-,20-/m0/s1. The van der Waals surface area contributed by atoms with Crippen LogP contribution in [0.25, 0.3) is 0 Å². The largest absolute Gasteiger partial charge is 0.489 e. The topological polar surface area (TPSA) is 94.8 Å². The van der Waals surface area contributed by atoms with Crippen molar-refractivity contribution < 1.29 is 23.5 Å². The summed E-state index contributed by atoms with van der Waals surface area (Å²) in [6.45, 7) is 0.282. The summed E-state index contributed by atoms with van der Waals surface area (Å²) in [7, 11) is 0. The quantitative estimate of drug-likeness (QED) is 0.642. The van der Waals surface area contributed by atoms with Gasteiger partial charge in [0, 0.05) is 23.1 Å². The van der Waals surface area contributed by atoms with Gasteiger partial charge in [-0.05, 0) is 43.2 Å². The minimum Gasteiger partial charge on any atom is -0.489 e. The fourth-order valence-electron chi connectivity index (χ4n) is 3.43. The number of likely N-dealkylation sites (tertiary alicyclic amines) is 1. The molecule has 2 aliphatic rings. The zero-order valence-electron chi connectivity index (χ0n) is 16.8. The summed E-state index contributed by atoms with van der Waals surface area (Å²) in [5, 5.41) is 0. The van der Waals surface area contributed by atoms with E-state index in [1.807, 2.05) is 0 Å². The van der Waals surface area contributed by atoms with E-state index in [1.165, 1.54) is 11.0 Å². The summed E-state index contributed by atoms with van der Waals surface area (Å²) < 4.78 is 26.9. The number of ether oxygens (including phenoxy) is 2. The van der Waals surface area contributed by atoms with Crippen molar-refractivity contribution in [3.05, 3.63) is 52.3 Å². The Balaban J connectivity index is 1.32. The molecule has 164 valence electrons. The Hall–Kier alpha value is -2.68. The molecule has 2 aromatic rings. The van der Waals surface area contributed by atoms with Crippen LogP contribution < -0.4 is 15.2 Å². The van der Waals surface area contributed by atoms with Crippen LogP contribution in [-0.4, -0.2) is 53.2 Å². The summed E-state index contributed by atoms with van der Waals surface area (Å²) in [6, 6.07) is 8.38. The van der Waals surface area contributed by atoms with Gasteiger partial charge in [-0.25, -0.2) is 4.39 Å². The Kier molecular flexibility index (Phi) is 6.41. The molecule has 2 amide bonds. The van der Waals surface area contributed by atoms with Gasteiger partial charge in [0.2, 0.25) is 5.91 Å². The minimum atomic E-state index is -1.38. The molecule has 0 bridgehead atoms. The number of hydrogen-bond donors (Lipinski definition) is 1. The van der Waals surface area contributed by atoms with Crippen molar-refractivity contribution in [2.24, 2.45) is 5.73 Å². The van der Waals surface area contributed by atoms with Crippen LogP contribution in [0.2, 0.25) is 0 Å². The lowest BCUT2D eigenvalue weighted by Crippen LogP contribution is -2.49. The zero-order valence-corrected chi connectivity index (χ0v) is 18.4. The summed E-state index contributed by atoms with van der Waals surface area (Å²) in [6.07, 6.45) is 2.29. The van der Waals surface area contributed by atoms with E-state index < -0.39 is 18.2 Å².